The summed E-state index contributed by atoms with van der Waals surface area (Å²) in [6.45, 7) is 12.4. The molecule has 9 heteroatoms. The van der Waals surface area contributed by atoms with Crippen LogP contribution in [0.5, 0.6) is 0 Å². The molecular formula is C33H50O9. The lowest BCUT2D eigenvalue weighted by molar-refractivity contribution is -0.210. The molecule has 0 heterocycles. The third-order valence-electron chi connectivity index (χ3n) is 8.86. The molecule has 1 fully saturated rings. The quantitative estimate of drug-likeness (QED) is 0.166. The third-order valence-corrected chi connectivity index (χ3v) is 8.86. The Morgan fingerprint density at radius 2 is 1.64 bits per heavy atom. The van der Waals surface area contributed by atoms with Crippen LogP contribution in [0.15, 0.2) is 23.3 Å². The van der Waals surface area contributed by atoms with Crippen molar-refractivity contribution in [3.8, 4) is 0 Å². The number of hydrogen-bond acceptors (Lipinski definition) is 9. The maximum atomic E-state index is 14.7. The first-order valence-electron chi connectivity index (χ1n) is 15.4. The third kappa shape index (κ3) is 8.54. The van der Waals surface area contributed by atoms with Crippen LogP contribution in [-0.2, 0) is 42.9 Å². The van der Waals surface area contributed by atoms with Crippen molar-refractivity contribution in [1.29, 1.82) is 0 Å². The van der Waals surface area contributed by atoms with Gasteiger partial charge < -0.3 is 18.9 Å². The van der Waals surface area contributed by atoms with E-state index in [-0.39, 0.29) is 36.6 Å². The molecule has 0 amide bonds. The minimum absolute atomic E-state index is 0.156. The SMILES string of the molecule is CCCCCC(=O)O[C@@H]1C[C@H](OC(C)=O)[C@]2(C)C(OC(=O)CCC)CC/C(C)=C\C=C(/[C@@H](C)C(=O)OC)C(=O)[C@H]2[C@@H]1C. The van der Waals surface area contributed by atoms with Gasteiger partial charge in [-0.25, -0.2) is 0 Å². The largest absolute Gasteiger partial charge is 0.469 e. The van der Waals surface area contributed by atoms with E-state index < -0.39 is 59.4 Å². The van der Waals surface area contributed by atoms with Crippen molar-refractivity contribution in [1.82, 2.24) is 0 Å². The predicted molar refractivity (Wildman–Crippen MR) is 157 cm³/mol. The van der Waals surface area contributed by atoms with Gasteiger partial charge in [-0.2, -0.15) is 0 Å². The highest BCUT2D eigenvalue weighted by atomic mass is 16.6. The molecule has 0 aromatic carbocycles. The summed E-state index contributed by atoms with van der Waals surface area (Å²) >= 11 is 0. The number of esters is 4. The second kappa shape index (κ2) is 16.0. The summed E-state index contributed by atoms with van der Waals surface area (Å²) in [6.07, 6.45) is 5.75. The molecule has 0 aromatic rings. The molecule has 42 heavy (non-hydrogen) atoms. The lowest BCUT2D eigenvalue weighted by Gasteiger charge is -2.54. The van der Waals surface area contributed by atoms with Gasteiger partial charge >= 0.3 is 23.9 Å². The Kier molecular flexibility index (Phi) is 13.4. The van der Waals surface area contributed by atoms with Gasteiger partial charge in [0.15, 0.2) is 5.78 Å². The fraction of sp³-hybridized carbons (Fsp3) is 0.727. The van der Waals surface area contributed by atoms with Crippen molar-refractivity contribution >= 4 is 29.7 Å². The van der Waals surface area contributed by atoms with E-state index in [9.17, 15) is 24.0 Å². The highest BCUT2D eigenvalue weighted by molar-refractivity contribution is 6.03. The van der Waals surface area contributed by atoms with Crippen LogP contribution in [-0.4, -0.2) is 55.1 Å². The molecule has 0 saturated heterocycles. The number of carbonyl (C=O) groups excluding carboxylic acids is 5. The average Bonchev–Trinajstić information content (AvgIpc) is 2.92. The van der Waals surface area contributed by atoms with Crippen LogP contribution in [0, 0.1) is 23.2 Å². The second-order valence-corrected chi connectivity index (χ2v) is 12.0. The van der Waals surface area contributed by atoms with Crippen molar-refractivity contribution in [3.05, 3.63) is 23.3 Å². The topological polar surface area (TPSA) is 122 Å². The zero-order valence-electron chi connectivity index (χ0n) is 26.7. The first kappa shape index (κ1) is 35.2. The summed E-state index contributed by atoms with van der Waals surface area (Å²) in [6, 6.07) is 0. The molecule has 1 saturated carbocycles. The van der Waals surface area contributed by atoms with Crippen LogP contribution in [0.3, 0.4) is 0 Å². The van der Waals surface area contributed by atoms with Crippen LogP contribution in [0.1, 0.15) is 106 Å². The van der Waals surface area contributed by atoms with E-state index in [2.05, 4.69) is 0 Å². The molecule has 9 nitrogen and oxygen atoms in total. The molecule has 0 N–H and O–H groups in total. The van der Waals surface area contributed by atoms with Crippen molar-refractivity contribution in [2.45, 2.75) is 125 Å². The van der Waals surface area contributed by atoms with Gasteiger partial charge in [0.1, 0.15) is 18.3 Å². The van der Waals surface area contributed by atoms with Gasteiger partial charge in [-0.1, -0.05) is 58.3 Å². The van der Waals surface area contributed by atoms with Gasteiger partial charge in [-0.3, -0.25) is 24.0 Å². The standard InChI is InChI=1S/C33H50O9/c1-9-11-12-14-29(36)41-25-19-27(40-23(6)34)33(7)26(42-28(35)13-10-2)18-16-20(3)15-17-24(21(4)32(38)39-8)31(37)30(33)22(25)5/h15,17,21-22,25-27,30H,9-14,16,18-19H2,1-8H3/b20-15-,24-17+/t21-,22-,25-,26?,27+,30-,33+/m1/s1. The lowest BCUT2D eigenvalue weighted by atomic mass is 9.54. The number of hydrogen-bond donors (Lipinski definition) is 0. The molecule has 236 valence electrons. The number of ketones is 1. The summed E-state index contributed by atoms with van der Waals surface area (Å²) in [7, 11) is 1.27. The summed E-state index contributed by atoms with van der Waals surface area (Å²) in [5.74, 6) is -4.57. The molecule has 2 rings (SSSR count). The van der Waals surface area contributed by atoms with Crippen molar-refractivity contribution < 1.29 is 42.9 Å². The maximum Gasteiger partial charge on any atom is 0.312 e. The summed E-state index contributed by atoms with van der Waals surface area (Å²) < 4.78 is 23.0. The maximum absolute atomic E-state index is 14.7. The molecule has 0 radical (unpaired) electrons. The fourth-order valence-corrected chi connectivity index (χ4v) is 6.38. The van der Waals surface area contributed by atoms with Crippen molar-refractivity contribution in [2.24, 2.45) is 23.2 Å². The first-order valence-corrected chi connectivity index (χ1v) is 15.4. The highest BCUT2D eigenvalue weighted by Gasteiger charge is 2.61. The van der Waals surface area contributed by atoms with E-state index in [0.29, 0.717) is 25.7 Å². The number of Topliss-reactive ketones (excluding diaryl/α,β-unsaturated/α-hetero) is 1. The normalized spacial score (nSPS) is 31.2. The number of fused-ring (bicyclic) bond motifs is 1. The van der Waals surface area contributed by atoms with E-state index in [1.54, 1.807) is 13.0 Å². The van der Waals surface area contributed by atoms with Crippen molar-refractivity contribution in [2.75, 3.05) is 7.11 Å². The van der Waals surface area contributed by atoms with Gasteiger partial charge in [-0.05, 0) is 39.5 Å². The number of unbranched alkanes of at least 4 members (excludes halogenated alkanes) is 2. The van der Waals surface area contributed by atoms with Gasteiger partial charge in [0.2, 0.25) is 0 Å². The van der Waals surface area contributed by atoms with Gasteiger partial charge in [0.05, 0.1) is 18.4 Å². The van der Waals surface area contributed by atoms with Gasteiger partial charge in [-0.15, -0.1) is 0 Å². The zero-order valence-corrected chi connectivity index (χ0v) is 26.7. The lowest BCUT2D eigenvalue weighted by Crippen LogP contribution is -2.62. The average molecular weight is 591 g/mol. The molecule has 2 aliphatic rings. The number of allylic oxidation sites excluding steroid dienone is 3. The number of ether oxygens (including phenoxy) is 4. The van der Waals surface area contributed by atoms with Gasteiger partial charge in [0, 0.05) is 43.6 Å². The predicted octanol–water partition coefficient (Wildman–Crippen LogP) is 5.83. The molecule has 0 aliphatic heterocycles. The Balaban J connectivity index is 2.75. The molecule has 0 aromatic heterocycles. The van der Waals surface area contributed by atoms with Crippen LogP contribution in [0.25, 0.3) is 0 Å². The second-order valence-electron chi connectivity index (χ2n) is 12.0. The van der Waals surface area contributed by atoms with Crippen LogP contribution in [0.4, 0.5) is 0 Å². The summed E-state index contributed by atoms with van der Waals surface area (Å²) in [5, 5.41) is 0. The summed E-state index contributed by atoms with van der Waals surface area (Å²) in [5.41, 5.74) is -0.00693. The Morgan fingerprint density at radius 1 is 0.976 bits per heavy atom. The monoisotopic (exact) mass is 590 g/mol. The van der Waals surface area contributed by atoms with E-state index in [1.165, 1.54) is 14.0 Å². The van der Waals surface area contributed by atoms with Gasteiger partial charge in [0.25, 0.3) is 0 Å². The molecule has 2 aliphatic carbocycles. The molecule has 1 unspecified atom stereocenters. The zero-order chi connectivity index (χ0) is 31.6. The molecular weight excluding hydrogens is 540 g/mol. The molecule has 0 bridgehead atoms. The van der Waals surface area contributed by atoms with E-state index in [4.69, 9.17) is 18.9 Å². The number of methoxy groups -OCH3 is 1. The Hall–Kier alpha value is -2.97. The minimum Gasteiger partial charge on any atom is -0.469 e. The number of carbonyl (C=O) groups is 5. The van der Waals surface area contributed by atoms with E-state index >= 15 is 0 Å². The summed E-state index contributed by atoms with van der Waals surface area (Å²) in [4.78, 5) is 65.6. The smallest absolute Gasteiger partial charge is 0.312 e. The molecule has 0 spiro atoms. The van der Waals surface area contributed by atoms with E-state index in [1.807, 2.05) is 40.7 Å². The first-order chi connectivity index (χ1) is 19.8. The minimum atomic E-state index is -1.18. The Labute approximate surface area is 250 Å². The number of rotatable bonds is 11. The van der Waals surface area contributed by atoms with Crippen LogP contribution in [0.2, 0.25) is 0 Å². The molecule has 7 atom stereocenters. The van der Waals surface area contributed by atoms with Crippen LogP contribution < -0.4 is 0 Å². The van der Waals surface area contributed by atoms with Crippen molar-refractivity contribution in [3.63, 3.8) is 0 Å². The fourth-order valence-electron chi connectivity index (χ4n) is 6.38. The Morgan fingerprint density at radius 3 is 2.24 bits per heavy atom. The Bertz CT molecular complexity index is 1060. The van der Waals surface area contributed by atoms with Crippen LogP contribution >= 0.6 is 0 Å². The highest BCUT2D eigenvalue weighted by Crippen LogP contribution is 2.53. The van der Waals surface area contributed by atoms with E-state index in [0.717, 1.165) is 18.4 Å².